The largest absolute Gasteiger partial charge is 0.506 e. The number of aliphatic imine (C=N–C) groups is 1. The maximum atomic E-state index is 13.8. The molecule has 0 unspecified atom stereocenters. The number of carboxylic acid groups (broad SMARTS) is 1. The molecule has 3 N–H and O–H groups in total. The Kier molecular flexibility index (Phi) is 6.47. The fourth-order valence-corrected chi connectivity index (χ4v) is 2.24. The van der Waals surface area contributed by atoms with Crippen molar-refractivity contribution < 1.29 is 42.1 Å². The molecular formula is C18H12F5NO4. The smallest absolute Gasteiger partial charge is 0.341 e. The van der Waals surface area contributed by atoms with Crippen molar-refractivity contribution in [1.29, 1.82) is 0 Å². The highest BCUT2D eigenvalue weighted by atomic mass is 19.2. The summed E-state index contributed by atoms with van der Waals surface area (Å²) in [4.78, 5) is 15.1. The van der Waals surface area contributed by atoms with Gasteiger partial charge in [-0.25, -0.2) is 26.7 Å². The summed E-state index contributed by atoms with van der Waals surface area (Å²) in [6.07, 6.45) is 0.462. The fourth-order valence-electron chi connectivity index (χ4n) is 2.24. The molecule has 0 aliphatic heterocycles. The summed E-state index contributed by atoms with van der Waals surface area (Å²) in [5.41, 5.74) is -2.60. The van der Waals surface area contributed by atoms with Gasteiger partial charge in [0, 0.05) is 6.21 Å². The first-order valence-corrected chi connectivity index (χ1v) is 7.58. The molecule has 28 heavy (non-hydrogen) atoms. The summed E-state index contributed by atoms with van der Waals surface area (Å²) in [5, 5.41) is 28.5. The molecule has 5 nitrogen and oxygen atoms in total. The molecule has 0 amide bonds. The van der Waals surface area contributed by atoms with E-state index in [1.165, 1.54) is 0 Å². The van der Waals surface area contributed by atoms with Crippen LogP contribution in [0.2, 0.25) is 0 Å². The van der Waals surface area contributed by atoms with E-state index in [2.05, 4.69) is 4.99 Å². The Morgan fingerprint density at radius 1 is 0.929 bits per heavy atom. The predicted octanol–water partition coefficient (Wildman–Crippen LogP) is 3.54. The normalized spacial score (nSPS) is 13.5. The maximum absolute atomic E-state index is 13.8. The zero-order chi connectivity index (χ0) is 21.0. The second kappa shape index (κ2) is 8.61. The minimum absolute atomic E-state index is 0.446. The van der Waals surface area contributed by atoms with Crippen LogP contribution in [0, 0.1) is 29.1 Å². The molecule has 0 saturated heterocycles. The third-order valence-corrected chi connectivity index (χ3v) is 3.67. The minimum Gasteiger partial charge on any atom is -0.506 e. The van der Waals surface area contributed by atoms with Crippen LogP contribution in [0.15, 0.2) is 40.9 Å². The quantitative estimate of drug-likeness (QED) is 0.173. The van der Waals surface area contributed by atoms with Gasteiger partial charge >= 0.3 is 5.97 Å². The molecule has 1 atom stereocenters. The molecule has 0 spiro atoms. The molecule has 0 fully saturated rings. The van der Waals surface area contributed by atoms with Crippen molar-refractivity contribution >= 4 is 17.9 Å². The number of aliphatic hydroxyl groups excluding tert-OH is 2. The van der Waals surface area contributed by atoms with Crippen molar-refractivity contribution in [3.05, 3.63) is 76.1 Å². The lowest BCUT2D eigenvalue weighted by atomic mass is 10.1. The van der Waals surface area contributed by atoms with Crippen LogP contribution in [0.1, 0.15) is 17.2 Å². The SMILES string of the molecule is O=C(O)C(C=N[C@@H](CO)c1ccccc1)=C(O)c1c(F)c(F)c(F)c(F)c1F. The van der Waals surface area contributed by atoms with Crippen molar-refractivity contribution in [3.63, 3.8) is 0 Å². The van der Waals surface area contributed by atoms with E-state index in [1.54, 1.807) is 30.3 Å². The van der Waals surface area contributed by atoms with Crippen LogP contribution in [0.25, 0.3) is 5.76 Å². The Balaban J connectivity index is 2.60. The second-order valence-corrected chi connectivity index (χ2v) is 5.40. The third-order valence-electron chi connectivity index (χ3n) is 3.67. The van der Waals surface area contributed by atoms with E-state index in [1.807, 2.05) is 0 Å². The van der Waals surface area contributed by atoms with Crippen LogP contribution < -0.4 is 0 Å². The minimum atomic E-state index is -2.46. The number of hydrogen-bond acceptors (Lipinski definition) is 4. The van der Waals surface area contributed by atoms with Crippen molar-refractivity contribution in [3.8, 4) is 0 Å². The molecular weight excluding hydrogens is 389 g/mol. The number of benzene rings is 2. The van der Waals surface area contributed by atoms with Gasteiger partial charge < -0.3 is 15.3 Å². The van der Waals surface area contributed by atoms with E-state index in [9.17, 15) is 37.0 Å². The first-order chi connectivity index (χ1) is 13.2. The van der Waals surface area contributed by atoms with E-state index in [-0.39, 0.29) is 0 Å². The lowest BCUT2D eigenvalue weighted by Crippen LogP contribution is -2.12. The van der Waals surface area contributed by atoms with Crippen LogP contribution in [0.5, 0.6) is 0 Å². The van der Waals surface area contributed by atoms with Gasteiger partial charge in [-0.1, -0.05) is 30.3 Å². The highest BCUT2D eigenvalue weighted by molar-refractivity contribution is 6.14. The molecule has 2 aromatic rings. The molecule has 0 saturated carbocycles. The average molecular weight is 401 g/mol. The number of aliphatic carboxylic acids is 1. The van der Waals surface area contributed by atoms with E-state index in [0.717, 1.165) is 0 Å². The number of carbonyl (C=O) groups is 1. The Bertz CT molecular complexity index is 931. The second-order valence-electron chi connectivity index (χ2n) is 5.40. The molecule has 2 rings (SSSR count). The van der Waals surface area contributed by atoms with Gasteiger partial charge in [0.15, 0.2) is 23.3 Å². The summed E-state index contributed by atoms with van der Waals surface area (Å²) >= 11 is 0. The number of aliphatic hydroxyl groups is 2. The number of nitrogens with zero attached hydrogens (tertiary/aromatic N) is 1. The lowest BCUT2D eigenvalue weighted by Gasteiger charge is -2.11. The van der Waals surface area contributed by atoms with Gasteiger partial charge in [0.25, 0.3) is 0 Å². The summed E-state index contributed by atoms with van der Waals surface area (Å²) in [6.45, 7) is -0.587. The van der Waals surface area contributed by atoms with Crippen molar-refractivity contribution in [2.24, 2.45) is 4.99 Å². The molecule has 0 aliphatic rings. The Morgan fingerprint density at radius 2 is 1.43 bits per heavy atom. The van der Waals surface area contributed by atoms with Crippen LogP contribution in [-0.2, 0) is 4.79 Å². The lowest BCUT2D eigenvalue weighted by molar-refractivity contribution is -0.132. The molecule has 0 heterocycles. The highest BCUT2D eigenvalue weighted by Crippen LogP contribution is 2.29. The standard InChI is InChI=1S/C18H12F5NO4/c19-12-11(13(20)15(22)16(23)14(12)21)17(26)9(18(27)28)6-24-10(7-25)8-4-2-1-3-5-8/h1-6,10,25-26H,7H2,(H,27,28)/t10-/m0/s1. The average Bonchev–Trinajstić information content (AvgIpc) is 2.68. The molecule has 0 aliphatic carbocycles. The number of carboxylic acids is 1. The number of hydrogen-bond donors (Lipinski definition) is 3. The van der Waals surface area contributed by atoms with E-state index in [0.29, 0.717) is 11.8 Å². The highest BCUT2D eigenvalue weighted by Gasteiger charge is 2.30. The zero-order valence-electron chi connectivity index (χ0n) is 13.8. The topological polar surface area (TPSA) is 90.1 Å². The Hall–Kier alpha value is -3.27. The Labute approximate surface area is 154 Å². The predicted molar refractivity (Wildman–Crippen MR) is 88.2 cm³/mol. The van der Waals surface area contributed by atoms with E-state index < -0.39 is 64.6 Å². The monoisotopic (exact) mass is 401 g/mol. The van der Waals surface area contributed by atoms with Crippen molar-refractivity contribution in [2.75, 3.05) is 6.61 Å². The van der Waals surface area contributed by atoms with Gasteiger partial charge in [0.1, 0.15) is 11.3 Å². The van der Waals surface area contributed by atoms with E-state index >= 15 is 0 Å². The first-order valence-electron chi connectivity index (χ1n) is 7.58. The number of halogens is 5. The maximum Gasteiger partial charge on any atom is 0.341 e. The fraction of sp³-hybridized carbons (Fsp3) is 0.111. The van der Waals surface area contributed by atoms with Gasteiger partial charge in [-0.2, -0.15) is 0 Å². The first kappa shape index (κ1) is 21.0. The third kappa shape index (κ3) is 4.01. The van der Waals surface area contributed by atoms with Crippen LogP contribution in [0.3, 0.4) is 0 Å². The zero-order valence-corrected chi connectivity index (χ0v) is 13.8. The molecule has 148 valence electrons. The van der Waals surface area contributed by atoms with Gasteiger partial charge in [0.2, 0.25) is 5.82 Å². The molecule has 10 heteroatoms. The van der Waals surface area contributed by atoms with Gasteiger partial charge in [-0.3, -0.25) is 4.99 Å². The van der Waals surface area contributed by atoms with Gasteiger partial charge in [-0.15, -0.1) is 0 Å². The molecule has 2 aromatic carbocycles. The summed E-state index contributed by atoms with van der Waals surface area (Å²) in [7, 11) is 0. The Morgan fingerprint density at radius 3 is 1.89 bits per heavy atom. The van der Waals surface area contributed by atoms with Gasteiger partial charge in [-0.05, 0) is 5.56 Å². The van der Waals surface area contributed by atoms with Crippen LogP contribution in [0.4, 0.5) is 22.0 Å². The van der Waals surface area contributed by atoms with E-state index in [4.69, 9.17) is 5.11 Å². The van der Waals surface area contributed by atoms with Crippen molar-refractivity contribution in [2.45, 2.75) is 6.04 Å². The molecule has 0 bridgehead atoms. The number of rotatable bonds is 6. The van der Waals surface area contributed by atoms with Crippen LogP contribution >= 0.6 is 0 Å². The van der Waals surface area contributed by atoms with Crippen molar-refractivity contribution in [1.82, 2.24) is 0 Å². The molecule has 0 aromatic heterocycles. The summed E-state index contributed by atoms with van der Waals surface area (Å²) in [6, 6.07) is 6.97. The molecule has 0 radical (unpaired) electrons. The summed E-state index contributed by atoms with van der Waals surface area (Å²) < 4.78 is 67.4. The van der Waals surface area contributed by atoms with Crippen LogP contribution in [-0.4, -0.2) is 34.1 Å². The van der Waals surface area contributed by atoms with Gasteiger partial charge in [0.05, 0.1) is 18.2 Å². The summed E-state index contributed by atoms with van der Waals surface area (Å²) in [5.74, 6) is -15.6.